The van der Waals surface area contributed by atoms with Crippen molar-refractivity contribution in [2.45, 2.75) is 63.8 Å². The number of carbonyl (C=O) groups excluding carboxylic acids is 2. The number of aromatic nitrogens is 2. The molecule has 4 aliphatic carbocycles. The molecule has 3 aromatic rings. The number of anilines is 1. The lowest BCUT2D eigenvalue weighted by Gasteiger charge is -2.56. The first kappa shape index (κ1) is 24.5. The van der Waals surface area contributed by atoms with Crippen molar-refractivity contribution >= 4 is 17.6 Å². The average Bonchev–Trinajstić information content (AvgIpc) is 2.93. The fourth-order valence-electron chi connectivity index (χ4n) is 8.62. The second-order valence-electron chi connectivity index (χ2n) is 12.6. The fraction of sp³-hybridized carbons (Fsp3) is 0.455. The molecule has 5 aliphatic rings. The van der Waals surface area contributed by atoms with Gasteiger partial charge in [-0.1, -0.05) is 60.7 Å². The number of carbonyl (C=O) groups is 2. The largest absolute Gasteiger partial charge is 0.336 e. The van der Waals surface area contributed by atoms with Gasteiger partial charge in [0.05, 0.1) is 18.2 Å². The molecule has 39 heavy (non-hydrogen) atoms. The van der Waals surface area contributed by atoms with Crippen LogP contribution < -0.4 is 5.32 Å². The Labute approximate surface area is 230 Å². The van der Waals surface area contributed by atoms with Crippen molar-refractivity contribution in [3.8, 4) is 0 Å². The Hall–Kier alpha value is -3.54. The SMILES string of the molecule is O=C(CC12CC3CC(CC(C3)C1)C2)Nc1ncnc2c1CCN(C(=O)C(c1ccccc1)c1ccccc1)C2. The highest BCUT2D eigenvalue weighted by Gasteiger charge is 2.51. The Kier molecular flexibility index (Phi) is 6.21. The van der Waals surface area contributed by atoms with Crippen LogP contribution in [0.1, 0.15) is 73.2 Å². The monoisotopic (exact) mass is 520 g/mol. The maximum atomic E-state index is 13.9. The van der Waals surface area contributed by atoms with Crippen LogP contribution in [-0.4, -0.2) is 33.2 Å². The summed E-state index contributed by atoms with van der Waals surface area (Å²) >= 11 is 0. The Morgan fingerprint density at radius 2 is 1.46 bits per heavy atom. The number of benzene rings is 2. The van der Waals surface area contributed by atoms with Gasteiger partial charge >= 0.3 is 0 Å². The average molecular weight is 521 g/mol. The van der Waals surface area contributed by atoms with Crippen LogP contribution in [0.25, 0.3) is 0 Å². The molecule has 0 atom stereocenters. The molecule has 200 valence electrons. The van der Waals surface area contributed by atoms with E-state index in [2.05, 4.69) is 15.3 Å². The smallest absolute Gasteiger partial charge is 0.234 e. The molecule has 1 aromatic heterocycles. The zero-order valence-electron chi connectivity index (χ0n) is 22.4. The van der Waals surface area contributed by atoms with Gasteiger partial charge in [0, 0.05) is 18.5 Å². The minimum Gasteiger partial charge on any atom is -0.336 e. The van der Waals surface area contributed by atoms with Crippen LogP contribution in [0.2, 0.25) is 0 Å². The van der Waals surface area contributed by atoms with Crippen LogP contribution in [0.4, 0.5) is 5.82 Å². The first-order valence-electron chi connectivity index (χ1n) is 14.6. The standard InChI is InChI=1S/C33H36N4O2/c38-29(19-33-16-22-13-23(17-33)15-24(14-22)18-33)36-31-27-11-12-37(20-28(27)34-21-35-31)32(39)30(25-7-3-1-4-8-25)26-9-5-2-6-10-26/h1-10,21-24,30H,11-20H2,(H,34,35,36,38). The van der Waals surface area contributed by atoms with Gasteiger partial charge in [0.1, 0.15) is 12.1 Å². The van der Waals surface area contributed by atoms with Crippen molar-refractivity contribution < 1.29 is 9.59 Å². The van der Waals surface area contributed by atoms with Crippen molar-refractivity contribution in [2.24, 2.45) is 23.2 Å². The highest BCUT2D eigenvalue weighted by atomic mass is 16.2. The second kappa shape index (κ2) is 9.89. The molecule has 4 saturated carbocycles. The highest BCUT2D eigenvalue weighted by Crippen LogP contribution is 2.61. The van der Waals surface area contributed by atoms with Crippen LogP contribution >= 0.6 is 0 Å². The van der Waals surface area contributed by atoms with Gasteiger partial charge in [-0.25, -0.2) is 9.97 Å². The lowest BCUT2D eigenvalue weighted by Crippen LogP contribution is -2.47. The highest BCUT2D eigenvalue weighted by molar-refractivity contribution is 5.91. The number of rotatable bonds is 6. The van der Waals surface area contributed by atoms with Crippen LogP contribution in [0, 0.1) is 23.2 Å². The van der Waals surface area contributed by atoms with Crippen molar-refractivity contribution in [1.29, 1.82) is 0 Å². The minimum absolute atomic E-state index is 0.0732. The van der Waals surface area contributed by atoms with Gasteiger partial charge in [0.25, 0.3) is 0 Å². The molecule has 0 spiro atoms. The number of hydrogen-bond donors (Lipinski definition) is 1. The topological polar surface area (TPSA) is 75.2 Å². The molecule has 4 fully saturated rings. The molecule has 0 radical (unpaired) electrons. The summed E-state index contributed by atoms with van der Waals surface area (Å²) in [6.07, 6.45) is 10.6. The molecule has 1 N–H and O–H groups in total. The molecule has 2 heterocycles. The van der Waals surface area contributed by atoms with E-state index in [1.165, 1.54) is 44.9 Å². The van der Waals surface area contributed by atoms with Crippen molar-refractivity contribution in [3.63, 3.8) is 0 Å². The van der Waals surface area contributed by atoms with Gasteiger partial charge in [0.2, 0.25) is 11.8 Å². The van der Waals surface area contributed by atoms with Crippen molar-refractivity contribution in [2.75, 3.05) is 11.9 Å². The molecule has 1 aliphatic heterocycles. The summed E-state index contributed by atoms with van der Waals surface area (Å²) in [5.74, 6) is 2.91. The third-order valence-electron chi connectivity index (χ3n) is 9.79. The Bertz CT molecular complexity index is 1300. The van der Waals surface area contributed by atoms with Gasteiger partial charge in [0.15, 0.2) is 0 Å². The maximum Gasteiger partial charge on any atom is 0.234 e. The van der Waals surface area contributed by atoms with E-state index in [0.29, 0.717) is 31.7 Å². The minimum atomic E-state index is -0.366. The predicted molar refractivity (Wildman–Crippen MR) is 150 cm³/mol. The van der Waals surface area contributed by atoms with E-state index in [0.717, 1.165) is 40.1 Å². The van der Waals surface area contributed by atoms with Crippen LogP contribution in [0.3, 0.4) is 0 Å². The summed E-state index contributed by atoms with van der Waals surface area (Å²) in [6, 6.07) is 20.0. The van der Waals surface area contributed by atoms with Gasteiger partial charge in [-0.05, 0) is 79.2 Å². The van der Waals surface area contributed by atoms with Crippen LogP contribution in [0.5, 0.6) is 0 Å². The van der Waals surface area contributed by atoms with E-state index < -0.39 is 0 Å². The predicted octanol–water partition coefficient (Wildman–Crippen LogP) is 5.74. The van der Waals surface area contributed by atoms with E-state index in [-0.39, 0.29) is 23.1 Å². The van der Waals surface area contributed by atoms with Gasteiger partial charge < -0.3 is 10.2 Å². The number of hydrogen-bond acceptors (Lipinski definition) is 4. The summed E-state index contributed by atoms with van der Waals surface area (Å²) in [5, 5.41) is 3.17. The fourth-order valence-corrected chi connectivity index (χ4v) is 8.62. The summed E-state index contributed by atoms with van der Waals surface area (Å²) in [4.78, 5) is 38.2. The quantitative estimate of drug-likeness (QED) is 0.450. The van der Waals surface area contributed by atoms with Gasteiger partial charge in [-0.2, -0.15) is 0 Å². The normalized spacial score (nSPS) is 26.9. The molecule has 0 unspecified atom stereocenters. The molecular formula is C33H36N4O2. The number of nitrogens with one attached hydrogen (secondary N) is 1. The zero-order chi connectivity index (χ0) is 26.4. The summed E-state index contributed by atoms with van der Waals surface area (Å²) < 4.78 is 0. The van der Waals surface area contributed by atoms with E-state index in [4.69, 9.17) is 0 Å². The third kappa shape index (κ3) is 4.75. The maximum absolute atomic E-state index is 13.9. The Morgan fingerprint density at radius 3 is 2.05 bits per heavy atom. The summed E-state index contributed by atoms with van der Waals surface area (Å²) in [6.45, 7) is 0.998. The molecule has 0 saturated heterocycles. The van der Waals surface area contributed by atoms with E-state index in [9.17, 15) is 9.59 Å². The molecule has 8 rings (SSSR count). The van der Waals surface area contributed by atoms with Crippen LogP contribution in [-0.2, 0) is 22.6 Å². The van der Waals surface area contributed by atoms with Crippen LogP contribution in [0.15, 0.2) is 67.0 Å². The number of nitrogens with zero attached hydrogens (tertiary/aromatic N) is 3. The lowest BCUT2D eigenvalue weighted by atomic mass is 9.49. The molecule has 6 heteroatoms. The Balaban J connectivity index is 1.07. The van der Waals surface area contributed by atoms with E-state index in [1.807, 2.05) is 65.6 Å². The molecule has 2 aromatic carbocycles. The van der Waals surface area contributed by atoms with Crippen molar-refractivity contribution in [3.05, 3.63) is 89.4 Å². The number of fused-ring (bicyclic) bond motifs is 1. The summed E-state index contributed by atoms with van der Waals surface area (Å²) in [7, 11) is 0. The second-order valence-corrected chi connectivity index (χ2v) is 12.6. The third-order valence-corrected chi connectivity index (χ3v) is 9.79. The molecule has 2 amide bonds. The van der Waals surface area contributed by atoms with Gasteiger partial charge in [-0.15, -0.1) is 0 Å². The van der Waals surface area contributed by atoms with Crippen molar-refractivity contribution in [1.82, 2.24) is 14.9 Å². The molecule has 4 bridgehead atoms. The molecular weight excluding hydrogens is 484 g/mol. The van der Waals surface area contributed by atoms with E-state index in [1.54, 1.807) is 0 Å². The first-order valence-corrected chi connectivity index (χ1v) is 14.6. The van der Waals surface area contributed by atoms with E-state index >= 15 is 0 Å². The van der Waals surface area contributed by atoms with Gasteiger partial charge in [-0.3, -0.25) is 9.59 Å². The lowest BCUT2D eigenvalue weighted by molar-refractivity contribution is -0.133. The Morgan fingerprint density at radius 1 is 0.872 bits per heavy atom. The number of amides is 2. The first-order chi connectivity index (χ1) is 19.1. The molecule has 6 nitrogen and oxygen atoms in total. The zero-order valence-corrected chi connectivity index (χ0v) is 22.4. The summed E-state index contributed by atoms with van der Waals surface area (Å²) in [5.41, 5.74) is 3.96.